The highest BCUT2D eigenvalue weighted by molar-refractivity contribution is 5.80. The highest BCUT2D eigenvalue weighted by Gasteiger charge is 2.30. The van der Waals surface area contributed by atoms with Gasteiger partial charge >= 0.3 is 12.3 Å². The van der Waals surface area contributed by atoms with Crippen LogP contribution >= 0.6 is 0 Å². The van der Waals surface area contributed by atoms with Crippen molar-refractivity contribution in [1.82, 2.24) is 15.5 Å². The molecule has 1 aromatic rings. The summed E-state index contributed by atoms with van der Waals surface area (Å²) in [5.74, 6) is 0.539. The number of methoxy groups -OCH3 is 1. The molecule has 174 valence electrons. The van der Waals surface area contributed by atoms with Gasteiger partial charge in [-0.15, -0.1) is 0 Å². The molecule has 3 N–H and O–H groups in total. The van der Waals surface area contributed by atoms with Crippen molar-refractivity contribution in [2.45, 2.75) is 38.1 Å². The van der Waals surface area contributed by atoms with Crippen molar-refractivity contribution in [2.24, 2.45) is 4.99 Å². The van der Waals surface area contributed by atoms with Crippen molar-refractivity contribution >= 4 is 12.1 Å². The molecule has 1 saturated heterocycles. The van der Waals surface area contributed by atoms with Gasteiger partial charge in [0.1, 0.15) is 18.5 Å². The average molecular weight is 446 g/mol. The van der Waals surface area contributed by atoms with E-state index in [0.29, 0.717) is 25.6 Å². The summed E-state index contributed by atoms with van der Waals surface area (Å²) in [7, 11) is 1.35. The van der Waals surface area contributed by atoms with Crippen LogP contribution < -0.4 is 15.4 Å². The second-order valence-corrected chi connectivity index (χ2v) is 7.09. The molecule has 11 heteroatoms. The lowest BCUT2D eigenvalue weighted by Gasteiger charge is -2.32. The van der Waals surface area contributed by atoms with Crippen LogP contribution in [0.4, 0.5) is 18.0 Å². The molecule has 1 amide bonds. The normalized spacial score (nSPS) is 16.6. The standard InChI is InChI=1S/C20H29F3N4O4/c1-3-24-18(26-15-7-9-27(10-8-15)19(29)30-2)25-12-16(28)13-31-17-6-4-5-14(11-17)20(21,22)23/h4-6,11,15-16,28H,3,7-10,12-13H2,1-2H3,(H2,24,25,26). The molecule has 0 radical (unpaired) electrons. The number of aliphatic hydroxyl groups excluding tert-OH is 1. The van der Waals surface area contributed by atoms with E-state index in [-0.39, 0.29) is 31.0 Å². The molecule has 0 aliphatic carbocycles. The lowest BCUT2D eigenvalue weighted by Crippen LogP contribution is -2.50. The average Bonchev–Trinajstić information content (AvgIpc) is 2.75. The molecule has 2 rings (SSSR count). The smallest absolute Gasteiger partial charge is 0.416 e. The van der Waals surface area contributed by atoms with Gasteiger partial charge in [-0.2, -0.15) is 13.2 Å². The largest absolute Gasteiger partial charge is 0.491 e. The number of likely N-dealkylation sites (tertiary alicyclic amines) is 1. The van der Waals surface area contributed by atoms with Gasteiger partial charge in [0, 0.05) is 25.7 Å². The predicted molar refractivity (Wildman–Crippen MR) is 109 cm³/mol. The van der Waals surface area contributed by atoms with Crippen molar-refractivity contribution in [2.75, 3.05) is 39.9 Å². The van der Waals surface area contributed by atoms with Crippen LogP contribution in [0.15, 0.2) is 29.3 Å². The van der Waals surface area contributed by atoms with Crippen LogP contribution in [0.2, 0.25) is 0 Å². The monoisotopic (exact) mass is 446 g/mol. The number of aliphatic imine (C=N–C) groups is 1. The Morgan fingerprint density at radius 2 is 2.06 bits per heavy atom. The van der Waals surface area contributed by atoms with Gasteiger partial charge in [0.15, 0.2) is 5.96 Å². The minimum atomic E-state index is -4.46. The lowest BCUT2D eigenvalue weighted by atomic mass is 10.1. The first-order valence-corrected chi connectivity index (χ1v) is 10.1. The number of carbonyl (C=O) groups excluding carboxylic acids is 1. The summed E-state index contributed by atoms with van der Waals surface area (Å²) in [5.41, 5.74) is -0.811. The number of nitrogens with one attached hydrogen (secondary N) is 2. The van der Waals surface area contributed by atoms with Crippen molar-refractivity contribution < 1.29 is 32.5 Å². The van der Waals surface area contributed by atoms with Gasteiger partial charge in [-0.1, -0.05) is 6.07 Å². The number of carbonyl (C=O) groups is 1. The maximum Gasteiger partial charge on any atom is 0.416 e. The highest BCUT2D eigenvalue weighted by atomic mass is 19.4. The maximum atomic E-state index is 12.8. The van der Waals surface area contributed by atoms with Gasteiger partial charge in [0.2, 0.25) is 0 Å². The van der Waals surface area contributed by atoms with E-state index in [1.807, 2.05) is 6.92 Å². The molecule has 0 bridgehead atoms. The van der Waals surface area contributed by atoms with Crippen LogP contribution in [0.25, 0.3) is 0 Å². The third-order valence-corrected chi connectivity index (χ3v) is 4.68. The molecule has 0 spiro atoms. The van der Waals surface area contributed by atoms with E-state index in [4.69, 9.17) is 9.47 Å². The van der Waals surface area contributed by atoms with Gasteiger partial charge in [0.05, 0.1) is 19.2 Å². The Balaban J connectivity index is 1.83. The summed E-state index contributed by atoms with van der Waals surface area (Å²) in [4.78, 5) is 17.5. The van der Waals surface area contributed by atoms with Gasteiger partial charge in [-0.25, -0.2) is 4.79 Å². The van der Waals surface area contributed by atoms with Crippen LogP contribution in [0.1, 0.15) is 25.3 Å². The first kappa shape index (κ1) is 24.6. The lowest BCUT2D eigenvalue weighted by molar-refractivity contribution is -0.137. The fourth-order valence-electron chi connectivity index (χ4n) is 3.05. The summed E-state index contributed by atoms with van der Waals surface area (Å²) >= 11 is 0. The second-order valence-electron chi connectivity index (χ2n) is 7.09. The number of hydrogen-bond acceptors (Lipinski definition) is 5. The Hall–Kier alpha value is -2.69. The number of ether oxygens (including phenoxy) is 2. The van der Waals surface area contributed by atoms with Gasteiger partial charge in [-0.05, 0) is 38.0 Å². The Bertz CT molecular complexity index is 737. The minimum absolute atomic E-state index is 0.00923. The Kier molecular flexibility index (Phi) is 9.22. The van der Waals surface area contributed by atoms with Gasteiger partial charge in [0.25, 0.3) is 0 Å². The molecule has 31 heavy (non-hydrogen) atoms. The number of amides is 1. The fraction of sp³-hybridized carbons (Fsp3) is 0.600. The van der Waals surface area contributed by atoms with Gasteiger partial charge < -0.3 is 30.1 Å². The first-order chi connectivity index (χ1) is 14.7. The van der Waals surface area contributed by atoms with Crippen LogP contribution in [0.5, 0.6) is 5.75 Å². The molecule has 1 unspecified atom stereocenters. The second kappa shape index (κ2) is 11.6. The fourth-order valence-corrected chi connectivity index (χ4v) is 3.05. The summed E-state index contributed by atoms with van der Waals surface area (Å²) in [6.07, 6.45) is -4.35. The van der Waals surface area contributed by atoms with E-state index in [1.54, 1.807) is 4.90 Å². The van der Waals surface area contributed by atoms with Crippen LogP contribution in [0, 0.1) is 0 Å². The zero-order chi connectivity index (χ0) is 22.9. The third-order valence-electron chi connectivity index (χ3n) is 4.68. The summed E-state index contributed by atoms with van der Waals surface area (Å²) in [6, 6.07) is 4.61. The number of nitrogens with zero attached hydrogens (tertiary/aromatic N) is 2. The predicted octanol–water partition coefficient (Wildman–Crippen LogP) is 2.23. The number of hydrogen-bond donors (Lipinski definition) is 3. The van der Waals surface area contributed by atoms with Crippen molar-refractivity contribution in [3.8, 4) is 5.75 Å². The van der Waals surface area contributed by atoms with E-state index >= 15 is 0 Å². The summed E-state index contributed by atoms with van der Waals surface area (Å²) in [6.45, 7) is 3.47. The molecule has 1 aromatic carbocycles. The zero-order valence-corrected chi connectivity index (χ0v) is 17.6. The zero-order valence-electron chi connectivity index (χ0n) is 17.6. The summed E-state index contributed by atoms with van der Waals surface area (Å²) in [5, 5.41) is 16.5. The molecule has 1 heterocycles. The molecule has 0 aromatic heterocycles. The van der Waals surface area contributed by atoms with E-state index < -0.39 is 17.8 Å². The maximum absolute atomic E-state index is 12.8. The molecule has 1 aliphatic rings. The number of guanidine groups is 1. The Labute approximate surface area is 179 Å². The van der Waals surface area contributed by atoms with Gasteiger partial charge in [-0.3, -0.25) is 4.99 Å². The van der Waals surface area contributed by atoms with Crippen molar-refractivity contribution in [1.29, 1.82) is 0 Å². The molecule has 1 aliphatic heterocycles. The van der Waals surface area contributed by atoms with Crippen molar-refractivity contribution in [3.63, 3.8) is 0 Å². The molecule has 8 nitrogen and oxygen atoms in total. The molecular formula is C20H29F3N4O4. The van der Waals surface area contributed by atoms with Crippen LogP contribution in [0.3, 0.4) is 0 Å². The Morgan fingerprint density at radius 1 is 1.35 bits per heavy atom. The number of benzene rings is 1. The molecular weight excluding hydrogens is 417 g/mol. The molecule has 1 atom stereocenters. The van der Waals surface area contributed by atoms with E-state index in [0.717, 1.165) is 25.0 Å². The van der Waals surface area contributed by atoms with Crippen LogP contribution in [-0.2, 0) is 10.9 Å². The van der Waals surface area contributed by atoms with Crippen molar-refractivity contribution in [3.05, 3.63) is 29.8 Å². The Morgan fingerprint density at radius 3 is 2.68 bits per heavy atom. The SMILES string of the molecule is CCNC(=NCC(O)COc1cccc(C(F)(F)F)c1)NC1CCN(C(=O)OC)CC1. The number of rotatable bonds is 7. The minimum Gasteiger partial charge on any atom is -0.491 e. The number of halogens is 3. The topological polar surface area (TPSA) is 95.4 Å². The van der Waals surface area contributed by atoms with Crippen LogP contribution in [-0.4, -0.2) is 74.1 Å². The quantitative estimate of drug-likeness (QED) is 0.439. The number of alkyl halides is 3. The van der Waals surface area contributed by atoms with E-state index in [2.05, 4.69) is 15.6 Å². The number of piperidine rings is 1. The molecule has 0 saturated carbocycles. The highest BCUT2D eigenvalue weighted by Crippen LogP contribution is 2.31. The molecule has 1 fully saturated rings. The van der Waals surface area contributed by atoms with E-state index in [9.17, 15) is 23.1 Å². The summed E-state index contributed by atoms with van der Waals surface area (Å²) < 4.78 is 48.3. The van der Waals surface area contributed by atoms with E-state index in [1.165, 1.54) is 19.2 Å². The first-order valence-electron chi connectivity index (χ1n) is 10.1. The third kappa shape index (κ3) is 8.16. The number of aliphatic hydroxyl groups is 1.